The number of hydrogen-bond donors (Lipinski definition) is 3. The first-order valence-electron chi connectivity index (χ1n) is 10.8. The molecule has 0 unspecified atom stereocenters. The van der Waals surface area contributed by atoms with Crippen molar-refractivity contribution >= 4 is 57.5 Å². The van der Waals surface area contributed by atoms with Crippen molar-refractivity contribution in [3.05, 3.63) is 68.6 Å². The number of hydrogen-bond acceptors (Lipinski definition) is 6. The molecule has 7 nitrogen and oxygen atoms in total. The maximum absolute atomic E-state index is 13.5. The van der Waals surface area contributed by atoms with E-state index in [-0.39, 0.29) is 23.2 Å². The summed E-state index contributed by atoms with van der Waals surface area (Å²) in [7, 11) is 3.31. The third kappa shape index (κ3) is 8.19. The second-order valence-corrected chi connectivity index (χ2v) is 9.77. The fourth-order valence-corrected chi connectivity index (χ4v) is 4.48. The molecular weight excluding hydrogens is 529 g/mol. The minimum atomic E-state index is -3.05. The van der Waals surface area contributed by atoms with Gasteiger partial charge >= 0.3 is 0 Å². The quantitative estimate of drug-likeness (QED) is 0.180. The van der Waals surface area contributed by atoms with Crippen LogP contribution in [0.15, 0.2) is 53.0 Å². The van der Waals surface area contributed by atoms with Crippen LogP contribution in [0.4, 0.5) is 14.5 Å². The van der Waals surface area contributed by atoms with Crippen molar-refractivity contribution in [1.29, 1.82) is 5.41 Å². The van der Waals surface area contributed by atoms with Gasteiger partial charge < -0.3 is 15.3 Å². The molecule has 194 valence electrons. The van der Waals surface area contributed by atoms with E-state index in [9.17, 15) is 8.78 Å². The smallest absolute Gasteiger partial charge is 0.271 e. The van der Waals surface area contributed by atoms with Crippen LogP contribution in [0.25, 0.3) is 5.57 Å². The van der Waals surface area contributed by atoms with E-state index in [1.165, 1.54) is 29.5 Å². The van der Waals surface area contributed by atoms with Crippen molar-refractivity contribution in [2.45, 2.75) is 25.7 Å². The Bertz CT molecular complexity index is 1190. The number of halogens is 4. The largest absolute Gasteiger partial charge is 0.396 e. The Morgan fingerprint density at radius 3 is 2.64 bits per heavy atom. The fourth-order valence-electron chi connectivity index (χ4n) is 3.01. The standard InChI is InChI=1S/C24H28Cl2F2N6OS/c1-14(21(30-4)19(26)12-15(2)22-33-32-20(36-22)9-11-35)8-10-34(5)23(29)31-16-6-7-17(18(25)13-16)24(3,27)28/h6-7,12-13,35H,1-2,8-11H2,3-5H3,(H2,29,31)/b19-12+,30-21-. The van der Waals surface area contributed by atoms with Crippen LogP contribution < -0.4 is 5.32 Å². The van der Waals surface area contributed by atoms with Crippen LogP contribution in [0.1, 0.15) is 28.9 Å². The Morgan fingerprint density at radius 1 is 1.36 bits per heavy atom. The number of benzene rings is 1. The van der Waals surface area contributed by atoms with Gasteiger partial charge in [0.25, 0.3) is 5.92 Å². The third-order valence-electron chi connectivity index (χ3n) is 4.99. The lowest BCUT2D eigenvalue weighted by molar-refractivity contribution is 0.0176. The molecule has 1 aromatic heterocycles. The minimum Gasteiger partial charge on any atom is -0.396 e. The number of aromatic nitrogens is 2. The van der Waals surface area contributed by atoms with Gasteiger partial charge in [0, 0.05) is 57.4 Å². The number of aliphatic hydroxyl groups excluding tert-OH is 1. The van der Waals surface area contributed by atoms with E-state index >= 15 is 0 Å². The van der Waals surface area contributed by atoms with E-state index in [4.69, 9.17) is 33.7 Å². The predicted molar refractivity (Wildman–Crippen MR) is 146 cm³/mol. The highest BCUT2D eigenvalue weighted by Gasteiger charge is 2.27. The normalized spacial score (nSPS) is 12.4. The van der Waals surface area contributed by atoms with Crippen LogP contribution in [-0.2, 0) is 12.3 Å². The molecule has 0 bridgehead atoms. The van der Waals surface area contributed by atoms with E-state index in [1.807, 2.05) is 0 Å². The summed E-state index contributed by atoms with van der Waals surface area (Å²) in [5.74, 6) is -3.00. The highest BCUT2D eigenvalue weighted by molar-refractivity contribution is 7.12. The maximum Gasteiger partial charge on any atom is 0.271 e. The number of aliphatic imine (C=N–C) groups is 1. The third-order valence-corrected chi connectivity index (χ3v) is 6.65. The first kappa shape index (κ1) is 29.6. The van der Waals surface area contributed by atoms with E-state index in [0.717, 1.165) is 6.92 Å². The number of alkyl halides is 2. The molecule has 12 heteroatoms. The number of guanidine groups is 1. The molecule has 0 spiro atoms. The van der Waals surface area contributed by atoms with Gasteiger partial charge in [0.05, 0.1) is 15.8 Å². The van der Waals surface area contributed by atoms with Crippen molar-refractivity contribution < 1.29 is 13.9 Å². The zero-order valence-electron chi connectivity index (χ0n) is 20.2. The Labute approximate surface area is 223 Å². The minimum absolute atomic E-state index is 0.0105. The lowest BCUT2D eigenvalue weighted by Crippen LogP contribution is -2.33. The Kier molecular flexibility index (Phi) is 10.7. The highest BCUT2D eigenvalue weighted by atomic mass is 35.5. The lowest BCUT2D eigenvalue weighted by Gasteiger charge is -2.22. The van der Waals surface area contributed by atoms with Gasteiger partial charge in [-0.05, 0) is 36.3 Å². The van der Waals surface area contributed by atoms with E-state index in [1.54, 1.807) is 25.1 Å². The van der Waals surface area contributed by atoms with Crippen LogP contribution in [0, 0.1) is 5.41 Å². The molecule has 0 radical (unpaired) electrons. The van der Waals surface area contributed by atoms with E-state index in [2.05, 4.69) is 33.7 Å². The Hall–Kier alpha value is -2.66. The molecule has 0 aliphatic rings. The first-order chi connectivity index (χ1) is 16.9. The summed E-state index contributed by atoms with van der Waals surface area (Å²) in [6, 6.07) is 4.05. The molecule has 2 aromatic rings. The molecule has 2 rings (SSSR count). The van der Waals surface area contributed by atoms with Gasteiger partial charge in [0.1, 0.15) is 10.0 Å². The lowest BCUT2D eigenvalue weighted by atomic mass is 10.1. The SMILES string of the molecule is C=C(CCN(C)C(=N)Nc1ccc(C(C)(F)F)c(Cl)c1)C(=N/C)/C(Cl)=C\C(=C)c1nnc(CCO)s1. The number of anilines is 1. The summed E-state index contributed by atoms with van der Waals surface area (Å²) in [6.45, 7) is 9.23. The van der Waals surface area contributed by atoms with Crippen molar-refractivity contribution in [1.82, 2.24) is 15.1 Å². The van der Waals surface area contributed by atoms with Crippen molar-refractivity contribution in [2.75, 3.05) is 32.6 Å². The molecule has 3 N–H and O–H groups in total. The molecule has 0 saturated carbocycles. The van der Waals surface area contributed by atoms with Gasteiger partial charge in [-0.15, -0.1) is 10.2 Å². The number of nitrogens with zero attached hydrogens (tertiary/aromatic N) is 4. The highest BCUT2D eigenvalue weighted by Crippen LogP contribution is 2.34. The summed E-state index contributed by atoms with van der Waals surface area (Å²) in [5, 5.41) is 29.8. The first-order valence-corrected chi connectivity index (χ1v) is 12.3. The molecule has 0 aliphatic carbocycles. The second-order valence-electron chi connectivity index (χ2n) is 7.90. The van der Waals surface area contributed by atoms with Gasteiger partial charge in [-0.3, -0.25) is 10.4 Å². The monoisotopic (exact) mass is 556 g/mol. The van der Waals surface area contributed by atoms with Crippen molar-refractivity contribution in [3.63, 3.8) is 0 Å². The number of nitrogens with one attached hydrogen (secondary N) is 2. The van der Waals surface area contributed by atoms with E-state index in [0.29, 0.717) is 57.0 Å². The molecule has 36 heavy (non-hydrogen) atoms. The Balaban J connectivity index is 1.97. The topological polar surface area (TPSA) is 97.5 Å². The molecule has 1 heterocycles. The average Bonchev–Trinajstić information content (AvgIpc) is 3.26. The number of aliphatic hydroxyl groups is 1. The summed E-state index contributed by atoms with van der Waals surface area (Å²) < 4.78 is 27.1. The summed E-state index contributed by atoms with van der Waals surface area (Å²) in [4.78, 5) is 5.88. The summed E-state index contributed by atoms with van der Waals surface area (Å²) in [5.41, 5.74) is 1.85. The summed E-state index contributed by atoms with van der Waals surface area (Å²) in [6.07, 6.45) is 2.51. The van der Waals surface area contributed by atoms with E-state index < -0.39 is 5.92 Å². The predicted octanol–water partition coefficient (Wildman–Crippen LogP) is 5.97. The van der Waals surface area contributed by atoms with Crippen LogP contribution >= 0.6 is 34.5 Å². The Morgan fingerprint density at radius 2 is 2.06 bits per heavy atom. The molecule has 0 atom stereocenters. The summed E-state index contributed by atoms with van der Waals surface area (Å²) >= 11 is 13.8. The van der Waals surface area contributed by atoms with Crippen LogP contribution in [0.2, 0.25) is 5.02 Å². The molecule has 0 saturated heterocycles. The maximum atomic E-state index is 13.5. The molecule has 1 aromatic carbocycles. The van der Waals surface area contributed by atoms with Crippen LogP contribution in [0.5, 0.6) is 0 Å². The van der Waals surface area contributed by atoms with Crippen molar-refractivity contribution in [2.24, 2.45) is 4.99 Å². The number of allylic oxidation sites excluding steroid dienone is 3. The fraction of sp³-hybridized carbons (Fsp3) is 0.333. The molecule has 0 aliphatic heterocycles. The van der Waals surface area contributed by atoms with Gasteiger partial charge in [-0.25, -0.2) is 8.78 Å². The van der Waals surface area contributed by atoms with Crippen LogP contribution in [0.3, 0.4) is 0 Å². The molecule has 0 amide bonds. The van der Waals surface area contributed by atoms with Gasteiger partial charge in [-0.1, -0.05) is 47.7 Å². The van der Waals surface area contributed by atoms with Gasteiger partial charge in [0.2, 0.25) is 0 Å². The van der Waals surface area contributed by atoms with Crippen molar-refractivity contribution in [3.8, 4) is 0 Å². The molecule has 0 fully saturated rings. The van der Waals surface area contributed by atoms with Gasteiger partial charge in [-0.2, -0.15) is 0 Å². The zero-order valence-corrected chi connectivity index (χ0v) is 22.5. The van der Waals surface area contributed by atoms with Crippen LogP contribution in [-0.4, -0.2) is 59.1 Å². The zero-order chi connectivity index (χ0) is 27.0. The average molecular weight is 557 g/mol. The second kappa shape index (κ2) is 13.0. The number of rotatable bonds is 11. The van der Waals surface area contributed by atoms with Gasteiger partial charge in [0.15, 0.2) is 5.96 Å². The molecular formula is C24H28Cl2F2N6OS.